The maximum absolute atomic E-state index is 11.9. The first kappa shape index (κ1) is 18.8. The second-order valence-electron chi connectivity index (χ2n) is 6.54. The van der Waals surface area contributed by atoms with Crippen molar-refractivity contribution in [1.29, 1.82) is 5.41 Å². The van der Waals surface area contributed by atoms with Gasteiger partial charge in [-0.3, -0.25) is 10.2 Å². The summed E-state index contributed by atoms with van der Waals surface area (Å²) in [7, 11) is 0. The smallest absolute Gasteiger partial charge is 0.256 e. The fourth-order valence-corrected chi connectivity index (χ4v) is 3.20. The number of nitrogens with two attached hydrogens (primary N) is 2. The number of hydrogen-bond donors (Lipinski definition) is 4. The second kappa shape index (κ2) is 9.71. The normalized spacial score (nSPS) is 20.7. The number of carbonyl (C=O) groups excluding carboxylic acids is 1. The molecule has 0 saturated heterocycles. The molecular formula is C19H28N4O2. The van der Waals surface area contributed by atoms with Crippen LogP contribution in [0.1, 0.15) is 32.1 Å². The van der Waals surface area contributed by atoms with Gasteiger partial charge in [0.2, 0.25) is 0 Å². The van der Waals surface area contributed by atoms with Gasteiger partial charge in [0.15, 0.2) is 0 Å². The first-order chi connectivity index (χ1) is 12.1. The van der Waals surface area contributed by atoms with Gasteiger partial charge < -0.3 is 21.5 Å². The number of para-hydroxylation sites is 1. The topological polar surface area (TPSA) is 114 Å². The van der Waals surface area contributed by atoms with E-state index in [2.05, 4.69) is 5.32 Å². The second-order valence-corrected chi connectivity index (χ2v) is 6.54. The van der Waals surface area contributed by atoms with Crippen LogP contribution < -0.4 is 21.5 Å². The third-order valence-electron chi connectivity index (χ3n) is 4.76. The fourth-order valence-electron chi connectivity index (χ4n) is 3.20. The molecule has 1 aromatic rings. The van der Waals surface area contributed by atoms with Gasteiger partial charge in [0.25, 0.3) is 5.91 Å². The van der Waals surface area contributed by atoms with Crippen LogP contribution in [0.2, 0.25) is 0 Å². The van der Waals surface area contributed by atoms with Crippen LogP contribution in [0.5, 0.6) is 5.75 Å². The first-order valence-corrected chi connectivity index (χ1v) is 8.82. The molecule has 1 fully saturated rings. The number of carbonyl (C=O) groups is 1. The van der Waals surface area contributed by atoms with Gasteiger partial charge in [0.05, 0.1) is 12.2 Å². The van der Waals surface area contributed by atoms with E-state index >= 15 is 0 Å². The predicted molar refractivity (Wildman–Crippen MR) is 99.2 cm³/mol. The van der Waals surface area contributed by atoms with Crippen LogP contribution >= 0.6 is 0 Å². The molecule has 1 aromatic carbocycles. The predicted octanol–water partition coefficient (Wildman–Crippen LogP) is 2.16. The number of rotatable bonds is 8. The Bertz CT molecular complexity index is 593. The van der Waals surface area contributed by atoms with Gasteiger partial charge in [-0.25, -0.2) is 0 Å². The molecule has 0 spiro atoms. The molecule has 6 N–H and O–H groups in total. The lowest BCUT2D eigenvalue weighted by molar-refractivity contribution is -0.117. The van der Waals surface area contributed by atoms with Gasteiger partial charge >= 0.3 is 0 Å². The van der Waals surface area contributed by atoms with Gasteiger partial charge in [-0.05, 0) is 56.1 Å². The van der Waals surface area contributed by atoms with Crippen molar-refractivity contribution in [1.82, 2.24) is 5.32 Å². The van der Waals surface area contributed by atoms with Crippen molar-refractivity contribution >= 4 is 11.7 Å². The molecule has 0 heterocycles. The fraction of sp³-hybridized carbons (Fsp3) is 0.474. The third kappa shape index (κ3) is 6.14. The summed E-state index contributed by atoms with van der Waals surface area (Å²) in [6.45, 7) is 1.36. The highest BCUT2D eigenvalue weighted by Gasteiger charge is 2.22. The molecule has 0 aromatic heterocycles. The van der Waals surface area contributed by atoms with Crippen molar-refractivity contribution in [3.63, 3.8) is 0 Å². The number of nitrogens with one attached hydrogen (secondary N) is 2. The lowest BCUT2D eigenvalue weighted by Crippen LogP contribution is -2.36. The van der Waals surface area contributed by atoms with Crippen molar-refractivity contribution in [2.45, 2.75) is 32.1 Å². The van der Waals surface area contributed by atoms with Crippen molar-refractivity contribution < 1.29 is 9.53 Å². The minimum absolute atomic E-state index is 0.0340. The van der Waals surface area contributed by atoms with Crippen molar-refractivity contribution in [2.75, 3.05) is 13.2 Å². The summed E-state index contributed by atoms with van der Waals surface area (Å²) < 4.78 is 5.77. The molecule has 136 valence electrons. The summed E-state index contributed by atoms with van der Waals surface area (Å²) in [5, 5.41) is 10.1. The maximum atomic E-state index is 11.9. The first-order valence-electron chi connectivity index (χ1n) is 8.82. The van der Waals surface area contributed by atoms with Gasteiger partial charge in [0, 0.05) is 12.7 Å². The molecule has 0 radical (unpaired) electrons. The van der Waals surface area contributed by atoms with E-state index in [0.717, 1.165) is 50.7 Å². The number of amidine groups is 1. The summed E-state index contributed by atoms with van der Waals surface area (Å²) in [5.74, 6) is 1.41. The zero-order valence-electron chi connectivity index (χ0n) is 14.5. The van der Waals surface area contributed by atoms with Crippen LogP contribution in [0.4, 0.5) is 0 Å². The lowest BCUT2D eigenvalue weighted by Gasteiger charge is -2.28. The highest BCUT2D eigenvalue weighted by atomic mass is 16.5. The molecule has 6 heteroatoms. The van der Waals surface area contributed by atoms with Crippen LogP contribution in [-0.4, -0.2) is 24.9 Å². The molecule has 6 nitrogen and oxygen atoms in total. The van der Waals surface area contributed by atoms with Crippen LogP contribution in [0, 0.1) is 17.2 Å². The summed E-state index contributed by atoms with van der Waals surface area (Å²) in [6.07, 6.45) is 6.66. The Hall–Kier alpha value is -2.50. The molecule has 1 aliphatic rings. The van der Waals surface area contributed by atoms with E-state index in [9.17, 15) is 4.79 Å². The van der Waals surface area contributed by atoms with Crippen molar-refractivity contribution in [2.24, 2.45) is 23.3 Å². The highest BCUT2D eigenvalue weighted by Crippen LogP contribution is 2.30. The molecule has 2 rings (SSSR count). The number of ether oxygens (including phenoxy) is 1. The van der Waals surface area contributed by atoms with E-state index in [0.29, 0.717) is 18.4 Å². The van der Waals surface area contributed by atoms with Crippen molar-refractivity contribution in [3.8, 4) is 5.75 Å². The third-order valence-corrected chi connectivity index (χ3v) is 4.76. The Balaban J connectivity index is 1.63. The van der Waals surface area contributed by atoms with Gasteiger partial charge in [-0.1, -0.05) is 18.2 Å². The number of hydrogen-bond acceptors (Lipinski definition) is 4. The van der Waals surface area contributed by atoms with Crippen LogP contribution in [-0.2, 0) is 4.79 Å². The van der Waals surface area contributed by atoms with Gasteiger partial charge in [-0.15, -0.1) is 0 Å². The van der Waals surface area contributed by atoms with E-state index in [1.54, 1.807) is 0 Å². The zero-order chi connectivity index (χ0) is 18.1. The Morgan fingerprint density at radius 1 is 1.20 bits per heavy atom. The van der Waals surface area contributed by atoms with Crippen LogP contribution in [0.15, 0.2) is 42.1 Å². The van der Waals surface area contributed by atoms with Crippen LogP contribution in [0.25, 0.3) is 0 Å². The molecule has 0 aliphatic heterocycles. The number of amides is 1. The molecule has 0 bridgehead atoms. The molecular weight excluding hydrogens is 316 g/mol. The molecule has 0 unspecified atom stereocenters. The average molecular weight is 344 g/mol. The van der Waals surface area contributed by atoms with Gasteiger partial charge in [0.1, 0.15) is 11.6 Å². The molecule has 1 aliphatic carbocycles. The highest BCUT2D eigenvalue weighted by molar-refractivity contribution is 6.18. The van der Waals surface area contributed by atoms with Crippen molar-refractivity contribution in [3.05, 3.63) is 42.1 Å². The summed E-state index contributed by atoms with van der Waals surface area (Å²) in [5.41, 5.74) is 10.7. The van der Waals surface area contributed by atoms with E-state index < -0.39 is 0 Å². The number of benzene rings is 1. The summed E-state index contributed by atoms with van der Waals surface area (Å²) in [6, 6.07) is 9.89. The van der Waals surface area contributed by atoms with E-state index in [1.807, 2.05) is 30.3 Å². The Labute approximate surface area is 149 Å². The Kier molecular flexibility index (Phi) is 7.32. The minimum Gasteiger partial charge on any atom is -0.494 e. The minimum atomic E-state index is -0.367. The molecule has 25 heavy (non-hydrogen) atoms. The quantitative estimate of drug-likeness (QED) is 0.329. The van der Waals surface area contributed by atoms with E-state index in [-0.39, 0.29) is 17.3 Å². The van der Waals surface area contributed by atoms with Gasteiger partial charge in [-0.2, -0.15) is 0 Å². The average Bonchev–Trinajstić information content (AvgIpc) is 2.62. The largest absolute Gasteiger partial charge is 0.494 e. The molecule has 0 atom stereocenters. The zero-order valence-corrected chi connectivity index (χ0v) is 14.5. The lowest BCUT2D eigenvalue weighted by atomic mass is 9.80. The Morgan fingerprint density at radius 3 is 2.44 bits per heavy atom. The van der Waals surface area contributed by atoms with E-state index in [1.165, 1.54) is 0 Å². The summed E-state index contributed by atoms with van der Waals surface area (Å²) >= 11 is 0. The Morgan fingerprint density at radius 2 is 1.84 bits per heavy atom. The standard InChI is InChI=1S/C19H28N4O2/c20-12-17(18(21)22)19(24)23-13-15-8-6-14(7-9-15)10-11-25-16-4-2-1-3-5-16/h1-5,12,14-15H,6-11,13,20H2,(H3,21,22)(H,23,24)/b17-12+. The molecule has 1 saturated carbocycles. The van der Waals surface area contributed by atoms with E-state index in [4.69, 9.17) is 21.6 Å². The summed E-state index contributed by atoms with van der Waals surface area (Å²) in [4.78, 5) is 11.9. The SMILES string of the molecule is N=C(N)/C(=C\N)C(=O)NCC1CCC(CCOc2ccccc2)CC1. The maximum Gasteiger partial charge on any atom is 0.256 e. The monoisotopic (exact) mass is 344 g/mol. The van der Waals surface area contributed by atoms with Crippen LogP contribution in [0.3, 0.4) is 0 Å². The molecule has 1 amide bonds.